The van der Waals surface area contributed by atoms with Crippen molar-refractivity contribution in [1.29, 1.82) is 0 Å². The average Bonchev–Trinajstić information content (AvgIpc) is 3.02. The van der Waals surface area contributed by atoms with Gasteiger partial charge in [0.25, 0.3) is 0 Å². The number of nitrogens with one attached hydrogen (secondary N) is 1. The second-order valence-corrected chi connectivity index (χ2v) is 6.63. The molecule has 3 rings (SSSR count). The van der Waals surface area contributed by atoms with Crippen molar-refractivity contribution in [3.63, 3.8) is 0 Å². The van der Waals surface area contributed by atoms with Crippen LogP contribution in [0.1, 0.15) is 5.56 Å². The Morgan fingerprint density at radius 2 is 1.91 bits per heavy atom. The quantitative estimate of drug-likeness (QED) is 0.615. The van der Waals surface area contributed by atoms with Gasteiger partial charge < -0.3 is 4.74 Å². The third kappa shape index (κ3) is 3.77. The molecule has 1 heterocycles. The molecular weight excluding hydrogens is 426 g/mol. The lowest BCUT2D eigenvalue weighted by molar-refractivity contribution is 0.304. The summed E-state index contributed by atoms with van der Waals surface area (Å²) in [6.45, 7) is 0.260. The molecule has 1 N–H and O–H groups in total. The summed E-state index contributed by atoms with van der Waals surface area (Å²) >= 11 is 21.7. The maximum atomic E-state index is 6.29. The highest BCUT2D eigenvalue weighted by molar-refractivity contribution is 9.10. The van der Waals surface area contributed by atoms with Crippen LogP contribution in [-0.4, -0.2) is 20.6 Å². The molecule has 0 saturated heterocycles. The van der Waals surface area contributed by atoms with Gasteiger partial charge in [-0.2, -0.15) is 5.21 Å². The zero-order chi connectivity index (χ0) is 16.4. The summed E-state index contributed by atoms with van der Waals surface area (Å²) in [4.78, 5) is 0. The fraction of sp³-hybridized carbons (Fsp3) is 0.0714. The van der Waals surface area contributed by atoms with Gasteiger partial charge in [0.15, 0.2) is 5.75 Å². The molecule has 0 atom stereocenters. The van der Waals surface area contributed by atoms with Crippen LogP contribution >= 0.6 is 50.7 Å². The molecular formula is C14H8BrCl3N4O. The van der Waals surface area contributed by atoms with E-state index in [1.54, 1.807) is 30.3 Å². The Morgan fingerprint density at radius 1 is 1.09 bits per heavy atom. The van der Waals surface area contributed by atoms with E-state index in [9.17, 15) is 0 Å². The van der Waals surface area contributed by atoms with Crippen LogP contribution in [0.4, 0.5) is 0 Å². The molecule has 2 aromatic carbocycles. The molecule has 0 aliphatic rings. The van der Waals surface area contributed by atoms with E-state index < -0.39 is 0 Å². The Labute approximate surface area is 155 Å². The minimum atomic E-state index is 0.260. The van der Waals surface area contributed by atoms with Crippen molar-refractivity contribution >= 4 is 50.7 Å². The number of hydrogen-bond acceptors (Lipinski definition) is 4. The van der Waals surface area contributed by atoms with Gasteiger partial charge in [0, 0.05) is 21.2 Å². The lowest BCUT2D eigenvalue weighted by Crippen LogP contribution is -1.98. The average molecular weight is 435 g/mol. The second-order valence-electron chi connectivity index (χ2n) is 4.53. The van der Waals surface area contributed by atoms with Gasteiger partial charge in [0.1, 0.15) is 6.61 Å². The molecule has 3 aromatic rings. The standard InChI is InChI=1S/C14H8BrCl3N4O/c15-10-3-8(14-19-21-22-20-14)4-12(18)13(10)23-6-7-1-2-9(16)5-11(7)17/h1-5H,6H2,(H,19,20,21,22). The van der Waals surface area contributed by atoms with Crippen LogP contribution in [0.2, 0.25) is 15.1 Å². The lowest BCUT2D eigenvalue weighted by Gasteiger charge is -2.12. The van der Waals surface area contributed by atoms with Gasteiger partial charge in [-0.05, 0) is 45.4 Å². The molecule has 0 amide bonds. The van der Waals surface area contributed by atoms with Crippen LogP contribution in [0.5, 0.6) is 5.75 Å². The molecule has 0 bridgehead atoms. The topological polar surface area (TPSA) is 63.7 Å². The minimum absolute atomic E-state index is 0.260. The van der Waals surface area contributed by atoms with E-state index in [0.29, 0.717) is 36.7 Å². The SMILES string of the molecule is Clc1ccc(COc2c(Cl)cc(-c3nn[nH]n3)cc2Br)c(Cl)c1. The first-order valence-corrected chi connectivity index (χ1v) is 8.27. The fourth-order valence-electron chi connectivity index (χ4n) is 1.90. The number of hydrogen-bond donors (Lipinski definition) is 1. The van der Waals surface area contributed by atoms with E-state index in [1.165, 1.54) is 0 Å². The van der Waals surface area contributed by atoms with Gasteiger partial charge in [-0.1, -0.05) is 40.9 Å². The van der Waals surface area contributed by atoms with Crippen LogP contribution in [-0.2, 0) is 6.61 Å². The van der Waals surface area contributed by atoms with Crippen molar-refractivity contribution in [3.8, 4) is 17.1 Å². The summed E-state index contributed by atoms with van der Waals surface area (Å²) in [5, 5.41) is 15.3. The van der Waals surface area contributed by atoms with E-state index in [0.717, 1.165) is 5.56 Å². The zero-order valence-electron chi connectivity index (χ0n) is 11.4. The molecule has 0 saturated carbocycles. The van der Waals surface area contributed by atoms with Crippen molar-refractivity contribution in [2.75, 3.05) is 0 Å². The molecule has 118 valence electrons. The summed E-state index contributed by atoms with van der Waals surface area (Å²) in [5.41, 5.74) is 1.52. The van der Waals surface area contributed by atoms with E-state index in [-0.39, 0.29) is 6.61 Å². The van der Waals surface area contributed by atoms with Gasteiger partial charge in [0.2, 0.25) is 5.82 Å². The largest absolute Gasteiger partial charge is 0.486 e. The number of nitrogens with zero attached hydrogens (tertiary/aromatic N) is 3. The minimum Gasteiger partial charge on any atom is -0.486 e. The smallest absolute Gasteiger partial charge is 0.204 e. The summed E-state index contributed by atoms with van der Waals surface area (Å²) in [6, 6.07) is 8.73. The maximum Gasteiger partial charge on any atom is 0.204 e. The Morgan fingerprint density at radius 3 is 2.57 bits per heavy atom. The first-order chi connectivity index (χ1) is 11.0. The zero-order valence-corrected chi connectivity index (χ0v) is 15.2. The third-order valence-corrected chi connectivity index (χ3v) is 4.45. The summed E-state index contributed by atoms with van der Waals surface area (Å²) in [5.74, 6) is 0.949. The molecule has 0 spiro atoms. The molecule has 1 aromatic heterocycles. The number of ether oxygens (including phenoxy) is 1. The second kappa shape index (κ2) is 7.05. The first kappa shape index (κ1) is 16.5. The predicted octanol–water partition coefficient (Wildman–Crippen LogP) is 5.17. The van der Waals surface area contributed by atoms with E-state index in [2.05, 4.69) is 36.6 Å². The molecule has 0 aliphatic heterocycles. The fourth-order valence-corrected chi connectivity index (χ4v) is 3.33. The van der Waals surface area contributed by atoms with Crippen molar-refractivity contribution in [2.24, 2.45) is 0 Å². The van der Waals surface area contributed by atoms with Gasteiger partial charge in [-0.25, -0.2) is 0 Å². The number of H-pyrrole nitrogens is 1. The van der Waals surface area contributed by atoms with Crippen molar-refractivity contribution in [2.45, 2.75) is 6.61 Å². The highest BCUT2D eigenvalue weighted by atomic mass is 79.9. The van der Waals surface area contributed by atoms with Crippen LogP contribution < -0.4 is 4.74 Å². The van der Waals surface area contributed by atoms with Gasteiger partial charge in [-0.15, -0.1) is 10.2 Å². The summed E-state index contributed by atoms with van der Waals surface area (Å²) < 4.78 is 6.45. The third-order valence-electron chi connectivity index (χ3n) is 2.99. The van der Waals surface area contributed by atoms with Gasteiger partial charge >= 0.3 is 0 Å². The molecule has 9 heteroatoms. The highest BCUT2D eigenvalue weighted by Gasteiger charge is 2.13. The first-order valence-electron chi connectivity index (χ1n) is 6.34. The Bertz CT molecular complexity index is 819. The van der Waals surface area contributed by atoms with E-state index >= 15 is 0 Å². The number of halogens is 4. The van der Waals surface area contributed by atoms with Crippen LogP contribution in [0, 0.1) is 0 Å². The lowest BCUT2D eigenvalue weighted by atomic mass is 10.2. The number of aromatic nitrogens is 4. The Balaban J connectivity index is 1.83. The van der Waals surface area contributed by atoms with Gasteiger partial charge in [-0.3, -0.25) is 0 Å². The molecule has 0 unspecified atom stereocenters. The number of benzene rings is 2. The highest BCUT2D eigenvalue weighted by Crippen LogP contribution is 2.37. The normalized spacial score (nSPS) is 10.8. The van der Waals surface area contributed by atoms with Gasteiger partial charge in [0.05, 0.1) is 9.50 Å². The molecule has 0 fully saturated rings. The predicted molar refractivity (Wildman–Crippen MR) is 93.1 cm³/mol. The van der Waals surface area contributed by atoms with Crippen molar-refractivity contribution in [1.82, 2.24) is 20.6 Å². The van der Waals surface area contributed by atoms with E-state index in [4.69, 9.17) is 39.5 Å². The van der Waals surface area contributed by atoms with E-state index in [1.807, 2.05) is 0 Å². The number of aromatic amines is 1. The monoisotopic (exact) mass is 432 g/mol. The summed E-state index contributed by atoms with van der Waals surface area (Å²) in [7, 11) is 0. The maximum absolute atomic E-state index is 6.29. The van der Waals surface area contributed by atoms with Crippen LogP contribution in [0.15, 0.2) is 34.8 Å². The van der Waals surface area contributed by atoms with Crippen LogP contribution in [0.3, 0.4) is 0 Å². The van der Waals surface area contributed by atoms with Crippen molar-refractivity contribution < 1.29 is 4.74 Å². The van der Waals surface area contributed by atoms with Crippen LogP contribution in [0.25, 0.3) is 11.4 Å². The molecule has 5 nitrogen and oxygen atoms in total. The van der Waals surface area contributed by atoms with Crippen molar-refractivity contribution in [3.05, 3.63) is 55.4 Å². The summed E-state index contributed by atoms with van der Waals surface area (Å²) in [6.07, 6.45) is 0. The molecule has 0 radical (unpaired) electrons. The molecule has 0 aliphatic carbocycles. The number of rotatable bonds is 4. The number of tetrazole rings is 1. The Hall–Kier alpha value is -1.34. The molecule has 23 heavy (non-hydrogen) atoms. The Kier molecular flexibility index (Phi) is 5.06.